The number of nitriles is 1. The summed E-state index contributed by atoms with van der Waals surface area (Å²) in [6.45, 7) is 0. The molecule has 1 heterocycles. The second-order valence-electron chi connectivity index (χ2n) is 4.81. The Morgan fingerprint density at radius 2 is 2.05 bits per heavy atom. The molecule has 0 unspecified atom stereocenters. The molecule has 102 valence electrons. The summed E-state index contributed by atoms with van der Waals surface area (Å²) in [5.41, 5.74) is 2.77. The van der Waals surface area contributed by atoms with Gasteiger partial charge >= 0.3 is 0 Å². The van der Waals surface area contributed by atoms with Crippen molar-refractivity contribution in [1.82, 2.24) is 4.98 Å². The lowest BCUT2D eigenvalue weighted by atomic mass is 10.1. The number of hydrogen-bond acceptors (Lipinski definition) is 2. The number of amides is 1. The third-order valence-electron chi connectivity index (χ3n) is 3.47. The number of nitrogens with zero attached hydrogens (tertiary/aromatic N) is 2. The number of aromatic nitrogens is 1. The average molecular weight is 275 g/mol. The molecule has 0 aliphatic carbocycles. The number of benzene rings is 2. The minimum absolute atomic E-state index is 0.110. The van der Waals surface area contributed by atoms with E-state index in [2.05, 4.69) is 11.1 Å². The van der Waals surface area contributed by atoms with Crippen molar-refractivity contribution < 1.29 is 4.79 Å². The predicted molar refractivity (Wildman–Crippen MR) is 82.2 cm³/mol. The molecule has 21 heavy (non-hydrogen) atoms. The van der Waals surface area contributed by atoms with Gasteiger partial charge in [0, 0.05) is 30.0 Å². The minimum Gasteiger partial charge on any atom is -0.361 e. The topological polar surface area (TPSA) is 59.9 Å². The molecular weight excluding hydrogens is 262 g/mol. The molecule has 4 heteroatoms. The molecule has 0 radical (unpaired) electrons. The number of nitrogens with one attached hydrogen (secondary N) is 1. The van der Waals surface area contributed by atoms with E-state index in [1.54, 1.807) is 30.1 Å². The largest absolute Gasteiger partial charge is 0.361 e. The second-order valence-corrected chi connectivity index (χ2v) is 4.81. The third-order valence-corrected chi connectivity index (χ3v) is 3.47. The van der Waals surface area contributed by atoms with E-state index in [9.17, 15) is 4.79 Å². The fraction of sp³-hybridized carbons (Fsp3) is 0.0588. The summed E-state index contributed by atoms with van der Waals surface area (Å²) in [6.07, 6.45) is 1.85. The first-order valence-corrected chi connectivity index (χ1v) is 6.54. The van der Waals surface area contributed by atoms with E-state index in [-0.39, 0.29) is 5.91 Å². The van der Waals surface area contributed by atoms with Gasteiger partial charge in [0.05, 0.1) is 11.6 Å². The molecule has 0 fully saturated rings. The van der Waals surface area contributed by atoms with Crippen molar-refractivity contribution in [3.63, 3.8) is 0 Å². The Kier molecular flexibility index (Phi) is 3.17. The molecule has 1 aromatic heterocycles. The first kappa shape index (κ1) is 12.9. The highest BCUT2D eigenvalue weighted by atomic mass is 16.2. The van der Waals surface area contributed by atoms with Crippen LogP contribution in [0.3, 0.4) is 0 Å². The Balaban J connectivity index is 1.94. The first-order chi connectivity index (χ1) is 10.2. The Morgan fingerprint density at radius 3 is 2.86 bits per heavy atom. The van der Waals surface area contributed by atoms with Crippen LogP contribution in [0.1, 0.15) is 15.9 Å². The Hall–Kier alpha value is -3.06. The highest BCUT2D eigenvalue weighted by Crippen LogP contribution is 2.19. The van der Waals surface area contributed by atoms with Gasteiger partial charge in [0.1, 0.15) is 0 Å². The van der Waals surface area contributed by atoms with Gasteiger partial charge in [-0.3, -0.25) is 4.79 Å². The number of fused-ring (bicyclic) bond motifs is 1. The van der Waals surface area contributed by atoms with E-state index in [0.717, 1.165) is 10.9 Å². The lowest BCUT2D eigenvalue weighted by Gasteiger charge is -2.17. The van der Waals surface area contributed by atoms with Crippen molar-refractivity contribution in [2.75, 3.05) is 11.9 Å². The van der Waals surface area contributed by atoms with E-state index >= 15 is 0 Å². The van der Waals surface area contributed by atoms with Crippen LogP contribution in [0, 0.1) is 11.3 Å². The summed E-state index contributed by atoms with van der Waals surface area (Å²) < 4.78 is 0. The standard InChI is InChI=1S/C17H13N3O/c1-20(15-4-2-3-12(9-15)11-18)17(21)14-6-5-13-7-8-19-16(13)10-14/h2-10,19H,1H3. The average Bonchev–Trinajstić information content (AvgIpc) is 3.01. The fourth-order valence-corrected chi connectivity index (χ4v) is 2.28. The van der Waals surface area contributed by atoms with E-state index in [0.29, 0.717) is 16.8 Å². The van der Waals surface area contributed by atoms with E-state index in [1.165, 1.54) is 0 Å². The quantitative estimate of drug-likeness (QED) is 0.780. The maximum atomic E-state index is 12.5. The van der Waals surface area contributed by atoms with Crippen molar-refractivity contribution in [1.29, 1.82) is 5.26 Å². The van der Waals surface area contributed by atoms with Gasteiger partial charge in [-0.2, -0.15) is 5.26 Å². The molecule has 0 atom stereocenters. The fourth-order valence-electron chi connectivity index (χ4n) is 2.28. The van der Waals surface area contributed by atoms with Crippen molar-refractivity contribution in [2.45, 2.75) is 0 Å². The van der Waals surface area contributed by atoms with Crippen LogP contribution >= 0.6 is 0 Å². The molecule has 3 aromatic rings. The minimum atomic E-state index is -0.110. The van der Waals surface area contributed by atoms with Gasteiger partial charge in [0.2, 0.25) is 0 Å². The summed E-state index contributed by atoms with van der Waals surface area (Å²) in [5.74, 6) is -0.110. The van der Waals surface area contributed by atoms with Crippen molar-refractivity contribution in [2.24, 2.45) is 0 Å². The second kappa shape index (κ2) is 5.14. The number of aromatic amines is 1. The Morgan fingerprint density at radius 1 is 1.19 bits per heavy atom. The molecule has 0 aliphatic rings. The molecular formula is C17H13N3O. The van der Waals surface area contributed by atoms with E-state index in [4.69, 9.17) is 5.26 Å². The van der Waals surface area contributed by atoms with Crippen LogP contribution in [0.25, 0.3) is 10.9 Å². The number of rotatable bonds is 2. The van der Waals surface area contributed by atoms with Gasteiger partial charge < -0.3 is 9.88 Å². The lowest BCUT2D eigenvalue weighted by Crippen LogP contribution is -2.26. The van der Waals surface area contributed by atoms with Crippen molar-refractivity contribution in [3.05, 3.63) is 65.9 Å². The normalized spacial score (nSPS) is 10.3. The number of carbonyl (C=O) groups is 1. The Labute approximate surface area is 122 Å². The molecule has 0 spiro atoms. The van der Waals surface area contributed by atoms with Gasteiger partial charge in [-0.15, -0.1) is 0 Å². The number of anilines is 1. The highest BCUT2D eigenvalue weighted by molar-refractivity contribution is 6.07. The zero-order chi connectivity index (χ0) is 14.8. The SMILES string of the molecule is CN(C(=O)c1ccc2cc[nH]c2c1)c1cccc(C#N)c1. The zero-order valence-corrected chi connectivity index (χ0v) is 11.5. The molecule has 0 aliphatic heterocycles. The molecule has 3 rings (SSSR count). The Bertz CT molecular complexity index is 858. The first-order valence-electron chi connectivity index (χ1n) is 6.54. The molecule has 4 nitrogen and oxygen atoms in total. The molecule has 0 saturated carbocycles. The molecule has 2 aromatic carbocycles. The number of H-pyrrole nitrogens is 1. The maximum Gasteiger partial charge on any atom is 0.258 e. The van der Waals surface area contributed by atoms with Crippen LogP contribution in [0.15, 0.2) is 54.7 Å². The van der Waals surface area contributed by atoms with E-state index in [1.807, 2.05) is 36.5 Å². The highest BCUT2D eigenvalue weighted by Gasteiger charge is 2.14. The van der Waals surface area contributed by atoms with Crippen LogP contribution in [0.2, 0.25) is 0 Å². The van der Waals surface area contributed by atoms with Crippen molar-refractivity contribution >= 4 is 22.5 Å². The maximum absolute atomic E-state index is 12.5. The summed E-state index contributed by atoms with van der Waals surface area (Å²) >= 11 is 0. The molecule has 0 bridgehead atoms. The number of carbonyl (C=O) groups excluding carboxylic acids is 1. The van der Waals surface area contributed by atoms with Crippen LogP contribution in [-0.4, -0.2) is 17.9 Å². The lowest BCUT2D eigenvalue weighted by molar-refractivity contribution is 0.0993. The van der Waals surface area contributed by atoms with Gasteiger partial charge in [-0.1, -0.05) is 12.1 Å². The predicted octanol–water partition coefficient (Wildman–Crippen LogP) is 3.32. The van der Waals surface area contributed by atoms with Crippen LogP contribution in [-0.2, 0) is 0 Å². The summed E-state index contributed by atoms with van der Waals surface area (Å²) in [5, 5.41) is 10.0. The van der Waals surface area contributed by atoms with Gasteiger partial charge in [-0.05, 0) is 41.8 Å². The van der Waals surface area contributed by atoms with Crippen molar-refractivity contribution in [3.8, 4) is 6.07 Å². The van der Waals surface area contributed by atoms with Crippen LogP contribution in [0.5, 0.6) is 0 Å². The summed E-state index contributed by atoms with van der Waals surface area (Å²) in [7, 11) is 1.71. The van der Waals surface area contributed by atoms with Gasteiger partial charge in [0.15, 0.2) is 0 Å². The van der Waals surface area contributed by atoms with Gasteiger partial charge in [-0.25, -0.2) is 0 Å². The smallest absolute Gasteiger partial charge is 0.258 e. The van der Waals surface area contributed by atoms with Crippen LogP contribution < -0.4 is 4.90 Å². The molecule has 0 saturated heterocycles. The summed E-state index contributed by atoms with van der Waals surface area (Å²) in [4.78, 5) is 17.2. The zero-order valence-electron chi connectivity index (χ0n) is 11.5. The van der Waals surface area contributed by atoms with E-state index < -0.39 is 0 Å². The molecule has 1 N–H and O–H groups in total. The third kappa shape index (κ3) is 2.37. The summed E-state index contributed by atoms with van der Waals surface area (Å²) in [6, 6.07) is 16.6. The van der Waals surface area contributed by atoms with Crippen LogP contribution in [0.4, 0.5) is 5.69 Å². The van der Waals surface area contributed by atoms with Gasteiger partial charge in [0.25, 0.3) is 5.91 Å². The number of hydrogen-bond donors (Lipinski definition) is 1. The molecule has 1 amide bonds. The monoisotopic (exact) mass is 275 g/mol.